The molecule has 0 unspecified atom stereocenters. The largest absolute Gasteiger partial charge is 0.424 e. The van der Waals surface area contributed by atoms with Crippen molar-refractivity contribution >= 4 is 17.8 Å². The summed E-state index contributed by atoms with van der Waals surface area (Å²) in [6.45, 7) is 3.30. The molecule has 10 heteroatoms. The number of hydrogen-bond donors (Lipinski definition) is 3. The number of anilines is 2. The minimum atomic E-state index is -0.114. The molecule has 4 rings (SSSR count). The molecule has 0 aliphatic heterocycles. The summed E-state index contributed by atoms with van der Waals surface area (Å²) in [5.74, 6) is 1.33. The Morgan fingerprint density at radius 2 is 1.20 bits per heavy atom. The van der Waals surface area contributed by atoms with Gasteiger partial charge in [-0.25, -0.2) is 0 Å². The van der Waals surface area contributed by atoms with Crippen LogP contribution in [0.1, 0.15) is 15.9 Å². The van der Waals surface area contributed by atoms with E-state index in [1.165, 1.54) is 5.56 Å². The van der Waals surface area contributed by atoms with Gasteiger partial charge in [-0.3, -0.25) is 4.79 Å². The van der Waals surface area contributed by atoms with E-state index in [-0.39, 0.29) is 11.9 Å². The minimum Gasteiger partial charge on any atom is -0.424 e. The van der Waals surface area contributed by atoms with E-state index in [1.807, 2.05) is 66.7 Å². The predicted molar refractivity (Wildman–Crippen MR) is 154 cm³/mol. The van der Waals surface area contributed by atoms with Crippen molar-refractivity contribution in [1.82, 2.24) is 20.3 Å². The third-order valence-corrected chi connectivity index (χ3v) is 5.58. The van der Waals surface area contributed by atoms with E-state index in [9.17, 15) is 4.79 Å². The molecular weight excluding hydrogens is 508 g/mol. The number of rotatable bonds is 17. The average Bonchev–Trinajstić information content (AvgIpc) is 2.99. The van der Waals surface area contributed by atoms with Crippen molar-refractivity contribution in [3.05, 3.63) is 102 Å². The predicted octanol–water partition coefficient (Wildman–Crippen LogP) is 4.19. The second-order valence-electron chi connectivity index (χ2n) is 8.62. The second kappa shape index (κ2) is 16.4. The monoisotopic (exact) mass is 542 g/mol. The smallest absolute Gasteiger partial charge is 0.328 e. The Balaban J connectivity index is 1.16. The summed E-state index contributed by atoms with van der Waals surface area (Å²) in [6.07, 6.45) is 0.833. The Morgan fingerprint density at radius 1 is 0.625 bits per heavy atom. The molecule has 0 radical (unpaired) electrons. The number of nitrogens with zero attached hydrogens (tertiary/aromatic N) is 3. The Labute approximate surface area is 234 Å². The van der Waals surface area contributed by atoms with Crippen LogP contribution in [0.3, 0.4) is 0 Å². The van der Waals surface area contributed by atoms with Gasteiger partial charge in [0, 0.05) is 25.2 Å². The molecule has 0 saturated heterocycles. The zero-order valence-electron chi connectivity index (χ0n) is 22.3. The molecule has 0 fully saturated rings. The zero-order chi connectivity index (χ0) is 27.7. The molecule has 3 aromatic carbocycles. The molecule has 208 valence electrons. The Morgan fingerprint density at radius 3 is 1.88 bits per heavy atom. The molecule has 0 aliphatic carbocycles. The molecule has 1 aromatic heterocycles. The van der Waals surface area contributed by atoms with Crippen molar-refractivity contribution in [3.8, 4) is 11.8 Å². The third-order valence-electron chi connectivity index (χ3n) is 5.58. The third kappa shape index (κ3) is 10.3. The molecule has 0 spiro atoms. The molecule has 1 heterocycles. The molecule has 0 aliphatic rings. The van der Waals surface area contributed by atoms with Gasteiger partial charge in [0.25, 0.3) is 5.91 Å². The first-order valence-corrected chi connectivity index (χ1v) is 13.3. The van der Waals surface area contributed by atoms with Gasteiger partial charge in [-0.1, -0.05) is 66.7 Å². The number of amides is 1. The molecule has 0 atom stereocenters. The summed E-state index contributed by atoms with van der Waals surface area (Å²) in [4.78, 5) is 25.3. The molecule has 0 saturated carbocycles. The summed E-state index contributed by atoms with van der Waals surface area (Å²) >= 11 is 0. The first kappa shape index (κ1) is 28.5. The number of aromatic nitrogens is 3. The first-order valence-electron chi connectivity index (χ1n) is 13.3. The van der Waals surface area contributed by atoms with Gasteiger partial charge in [0.15, 0.2) is 0 Å². The van der Waals surface area contributed by atoms with Gasteiger partial charge in [0.2, 0.25) is 11.9 Å². The molecule has 4 aromatic rings. The molecule has 10 nitrogen and oxygen atoms in total. The Hall–Kier alpha value is -4.54. The van der Waals surface area contributed by atoms with Crippen LogP contribution in [-0.2, 0) is 15.9 Å². The maximum Gasteiger partial charge on any atom is 0.328 e. The number of para-hydroxylation sites is 1. The van der Waals surface area contributed by atoms with Crippen molar-refractivity contribution in [2.45, 2.75) is 6.42 Å². The summed E-state index contributed by atoms with van der Waals surface area (Å²) in [7, 11) is 0. The van der Waals surface area contributed by atoms with Gasteiger partial charge in [0.1, 0.15) is 5.75 Å². The quantitative estimate of drug-likeness (QED) is 0.169. The van der Waals surface area contributed by atoms with Crippen LogP contribution in [0.15, 0.2) is 91.0 Å². The molecule has 1 amide bonds. The summed E-state index contributed by atoms with van der Waals surface area (Å²) < 4.78 is 17.0. The average molecular weight is 543 g/mol. The number of carbonyl (C=O) groups is 1. The van der Waals surface area contributed by atoms with E-state index in [0.29, 0.717) is 69.3 Å². The molecule has 40 heavy (non-hydrogen) atoms. The van der Waals surface area contributed by atoms with Crippen LogP contribution < -0.4 is 20.7 Å². The van der Waals surface area contributed by atoms with E-state index in [4.69, 9.17) is 14.2 Å². The highest BCUT2D eigenvalue weighted by Crippen LogP contribution is 2.19. The van der Waals surface area contributed by atoms with Gasteiger partial charge in [0.05, 0.1) is 26.4 Å². The number of hydrogen-bond acceptors (Lipinski definition) is 9. The van der Waals surface area contributed by atoms with Crippen LogP contribution in [0, 0.1) is 0 Å². The lowest BCUT2D eigenvalue weighted by molar-refractivity contribution is 0.0519. The summed E-state index contributed by atoms with van der Waals surface area (Å²) in [5.41, 5.74) is 1.85. The molecule has 3 N–H and O–H groups in total. The zero-order valence-corrected chi connectivity index (χ0v) is 22.3. The fourth-order valence-corrected chi connectivity index (χ4v) is 3.60. The van der Waals surface area contributed by atoms with E-state index >= 15 is 0 Å². The second-order valence-corrected chi connectivity index (χ2v) is 8.62. The normalized spacial score (nSPS) is 10.6. The van der Waals surface area contributed by atoms with Crippen molar-refractivity contribution in [2.75, 3.05) is 56.7 Å². The number of carbonyl (C=O) groups excluding carboxylic acids is 1. The lowest BCUT2D eigenvalue weighted by Gasteiger charge is -2.11. The van der Waals surface area contributed by atoms with Crippen LogP contribution in [-0.4, -0.2) is 66.9 Å². The lowest BCUT2D eigenvalue weighted by Crippen LogP contribution is -2.27. The highest BCUT2D eigenvalue weighted by atomic mass is 16.5. The van der Waals surface area contributed by atoms with Crippen molar-refractivity contribution in [1.29, 1.82) is 0 Å². The van der Waals surface area contributed by atoms with Crippen molar-refractivity contribution in [2.24, 2.45) is 0 Å². The Bertz CT molecular complexity index is 1280. The minimum absolute atomic E-state index is 0.114. The van der Waals surface area contributed by atoms with Crippen LogP contribution in [0.25, 0.3) is 0 Å². The van der Waals surface area contributed by atoms with Crippen molar-refractivity contribution < 1.29 is 19.0 Å². The van der Waals surface area contributed by atoms with Crippen LogP contribution in [0.4, 0.5) is 11.9 Å². The van der Waals surface area contributed by atoms with E-state index < -0.39 is 0 Å². The van der Waals surface area contributed by atoms with E-state index in [1.54, 1.807) is 12.1 Å². The molecular formula is C30H34N6O4. The standard InChI is InChI=1S/C30H34N6O4/c37-27(25-12-6-2-7-13-25)31-18-20-38-22-23-39-21-19-33-29-34-28(32-17-16-24-10-4-1-5-11-24)35-30(36-29)40-26-14-8-3-9-15-26/h1-15H,16-23H2,(H,31,37)(H2,32,33,34,35,36). The summed E-state index contributed by atoms with van der Waals surface area (Å²) in [6, 6.07) is 28.9. The van der Waals surface area contributed by atoms with Gasteiger partial charge in [-0.05, 0) is 36.2 Å². The number of nitrogens with one attached hydrogen (secondary N) is 3. The Kier molecular flexibility index (Phi) is 11.7. The van der Waals surface area contributed by atoms with E-state index in [0.717, 1.165) is 6.42 Å². The van der Waals surface area contributed by atoms with Gasteiger partial charge in [-0.15, -0.1) is 0 Å². The maximum atomic E-state index is 12.0. The van der Waals surface area contributed by atoms with Crippen LogP contribution in [0.5, 0.6) is 11.8 Å². The van der Waals surface area contributed by atoms with E-state index in [2.05, 4.69) is 43.0 Å². The van der Waals surface area contributed by atoms with Gasteiger partial charge >= 0.3 is 6.01 Å². The number of benzene rings is 3. The highest BCUT2D eigenvalue weighted by molar-refractivity contribution is 5.94. The fourth-order valence-electron chi connectivity index (χ4n) is 3.60. The first-order chi connectivity index (χ1) is 19.8. The van der Waals surface area contributed by atoms with Crippen molar-refractivity contribution in [3.63, 3.8) is 0 Å². The number of ether oxygens (including phenoxy) is 3. The fraction of sp³-hybridized carbons (Fsp3) is 0.267. The highest BCUT2D eigenvalue weighted by Gasteiger charge is 2.09. The van der Waals surface area contributed by atoms with Gasteiger partial charge in [-0.2, -0.15) is 15.0 Å². The SMILES string of the molecule is O=C(NCCOCCOCCNc1nc(NCCc2ccccc2)nc(Oc2ccccc2)n1)c1ccccc1. The van der Waals surface area contributed by atoms with Gasteiger partial charge < -0.3 is 30.2 Å². The van der Waals surface area contributed by atoms with Crippen LogP contribution in [0.2, 0.25) is 0 Å². The lowest BCUT2D eigenvalue weighted by atomic mass is 10.1. The summed E-state index contributed by atoms with van der Waals surface area (Å²) in [5, 5.41) is 9.24. The molecule has 0 bridgehead atoms. The topological polar surface area (TPSA) is 120 Å². The maximum absolute atomic E-state index is 12.0. The van der Waals surface area contributed by atoms with Crippen LogP contribution >= 0.6 is 0 Å².